The van der Waals surface area contributed by atoms with Gasteiger partial charge < -0.3 is 19.9 Å². The first kappa shape index (κ1) is 17.9. The van der Waals surface area contributed by atoms with Crippen molar-refractivity contribution in [2.24, 2.45) is 0 Å². The highest BCUT2D eigenvalue weighted by Crippen LogP contribution is 2.19. The van der Waals surface area contributed by atoms with Crippen molar-refractivity contribution < 1.29 is 24.2 Å². The quantitative estimate of drug-likeness (QED) is 0.804. The summed E-state index contributed by atoms with van der Waals surface area (Å²) < 4.78 is 13.0. The molecule has 1 amide bonds. The molecule has 1 aliphatic rings. The Morgan fingerprint density at radius 2 is 2.12 bits per heavy atom. The van der Waals surface area contributed by atoms with Gasteiger partial charge in [0.25, 0.3) is 0 Å². The summed E-state index contributed by atoms with van der Waals surface area (Å²) in [6, 6.07) is 7.82. The molecule has 8 nitrogen and oxygen atoms in total. The largest absolute Gasteiger partial charge is 0.486 e. The summed E-state index contributed by atoms with van der Waals surface area (Å²) in [7, 11) is 0. The molecule has 138 valence electrons. The number of amides is 1. The summed E-state index contributed by atoms with van der Waals surface area (Å²) in [5.41, 5.74) is 1.11. The van der Waals surface area contributed by atoms with Crippen LogP contribution in [0.4, 0.5) is 0 Å². The van der Waals surface area contributed by atoms with Gasteiger partial charge in [-0.3, -0.25) is 9.48 Å². The summed E-state index contributed by atoms with van der Waals surface area (Å²) in [5.74, 6) is -0.595. The molecule has 1 aromatic heterocycles. The number of rotatable bonds is 6. The third kappa shape index (κ3) is 4.40. The van der Waals surface area contributed by atoms with Crippen LogP contribution in [0.2, 0.25) is 0 Å². The van der Waals surface area contributed by atoms with E-state index in [1.54, 1.807) is 23.0 Å². The highest BCUT2D eigenvalue weighted by Gasteiger charge is 2.29. The predicted molar refractivity (Wildman–Crippen MR) is 92.1 cm³/mol. The summed E-state index contributed by atoms with van der Waals surface area (Å²) >= 11 is 0. The summed E-state index contributed by atoms with van der Waals surface area (Å²) in [5, 5.41) is 16.0. The van der Waals surface area contributed by atoms with Crippen molar-refractivity contribution in [3.8, 4) is 5.75 Å². The summed E-state index contributed by atoms with van der Waals surface area (Å²) in [6.45, 7) is 2.94. The molecule has 0 bridgehead atoms. The van der Waals surface area contributed by atoms with Crippen LogP contribution in [0.3, 0.4) is 0 Å². The number of carbonyl (C=O) groups excluding carboxylic acids is 1. The molecule has 8 heteroatoms. The smallest absolute Gasteiger partial charge is 0.335 e. The van der Waals surface area contributed by atoms with Crippen LogP contribution in [0.15, 0.2) is 36.5 Å². The van der Waals surface area contributed by atoms with Gasteiger partial charge in [0.2, 0.25) is 5.91 Å². The minimum atomic E-state index is -0.989. The molecule has 1 aromatic carbocycles. The van der Waals surface area contributed by atoms with E-state index in [1.165, 1.54) is 12.1 Å². The Kier molecular flexibility index (Phi) is 5.52. The highest BCUT2D eigenvalue weighted by molar-refractivity contribution is 5.87. The zero-order chi connectivity index (χ0) is 18.5. The number of nitrogens with one attached hydrogen (secondary N) is 1. The third-order valence-corrected chi connectivity index (χ3v) is 4.26. The molecule has 0 aliphatic carbocycles. The van der Waals surface area contributed by atoms with E-state index < -0.39 is 5.97 Å². The lowest BCUT2D eigenvalue weighted by Crippen LogP contribution is -2.52. The number of ether oxygens (including phenoxy) is 2. The Bertz CT molecular complexity index is 771. The minimum Gasteiger partial charge on any atom is -0.486 e. The van der Waals surface area contributed by atoms with Gasteiger partial charge >= 0.3 is 5.97 Å². The Balaban J connectivity index is 1.61. The van der Waals surface area contributed by atoms with Crippen molar-refractivity contribution >= 4 is 11.9 Å². The van der Waals surface area contributed by atoms with Crippen LogP contribution in [0.1, 0.15) is 22.5 Å². The number of aromatic carboxylic acids is 1. The average molecular weight is 359 g/mol. The first-order chi connectivity index (χ1) is 12.5. The fourth-order valence-corrected chi connectivity index (χ4v) is 2.80. The van der Waals surface area contributed by atoms with Crippen LogP contribution < -0.4 is 10.1 Å². The Morgan fingerprint density at radius 3 is 2.77 bits per heavy atom. The van der Waals surface area contributed by atoms with E-state index in [2.05, 4.69) is 10.4 Å². The SMILES string of the molecule is Cc1ccnn1CC(=O)N[C@@H]1CCOC[C@H]1Oc1ccc(C(=O)O)cc1. The molecule has 2 aromatic rings. The second kappa shape index (κ2) is 8.01. The molecule has 2 atom stereocenters. The highest BCUT2D eigenvalue weighted by atomic mass is 16.5. The lowest BCUT2D eigenvalue weighted by atomic mass is 10.1. The van der Waals surface area contributed by atoms with E-state index in [4.69, 9.17) is 14.6 Å². The van der Waals surface area contributed by atoms with Gasteiger partial charge in [-0.25, -0.2) is 4.79 Å². The monoisotopic (exact) mass is 359 g/mol. The van der Waals surface area contributed by atoms with Gasteiger partial charge in [0.1, 0.15) is 18.4 Å². The van der Waals surface area contributed by atoms with E-state index in [0.717, 1.165) is 5.69 Å². The number of carboxylic acids is 1. The molecular weight excluding hydrogens is 338 g/mol. The fourth-order valence-electron chi connectivity index (χ4n) is 2.80. The zero-order valence-corrected chi connectivity index (χ0v) is 14.4. The minimum absolute atomic E-state index is 0.140. The molecule has 2 N–H and O–H groups in total. The second-order valence-corrected chi connectivity index (χ2v) is 6.15. The van der Waals surface area contributed by atoms with Gasteiger partial charge in [-0.05, 0) is 43.7 Å². The number of hydrogen-bond donors (Lipinski definition) is 2. The average Bonchev–Trinajstić information content (AvgIpc) is 3.02. The number of nitrogens with zero attached hydrogens (tertiary/aromatic N) is 2. The molecule has 1 fully saturated rings. The zero-order valence-electron chi connectivity index (χ0n) is 14.4. The number of carbonyl (C=O) groups is 2. The molecule has 1 saturated heterocycles. The Labute approximate surface area is 150 Å². The molecule has 26 heavy (non-hydrogen) atoms. The van der Waals surface area contributed by atoms with Crippen molar-refractivity contribution in [2.45, 2.75) is 32.0 Å². The molecule has 0 saturated carbocycles. The van der Waals surface area contributed by atoms with E-state index in [9.17, 15) is 9.59 Å². The standard InChI is InChI=1S/C18H21N3O5/c1-12-6-8-19-21(12)10-17(22)20-15-7-9-25-11-16(15)26-14-4-2-13(3-5-14)18(23)24/h2-6,8,15-16H,7,9-11H2,1H3,(H,20,22)(H,23,24)/t15-,16-/m1/s1. The fraction of sp³-hybridized carbons (Fsp3) is 0.389. The van der Waals surface area contributed by atoms with Crippen LogP contribution in [-0.4, -0.2) is 52.1 Å². The number of carboxylic acid groups (broad SMARTS) is 1. The molecule has 0 unspecified atom stereocenters. The molecule has 1 aliphatic heterocycles. The second-order valence-electron chi connectivity index (χ2n) is 6.15. The maximum atomic E-state index is 12.3. The predicted octanol–water partition coefficient (Wildman–Crippen LogP) is 1.24. The van der Waals surface area contributed by atoms with Gasteiger partial charge in [-0.1, -0.05) is 0 Å². The van der Waals surface area contributed by atoms with E-state index in [-0.39, 0.29) is 30.2 Å². The summed E-state index contributed by atoms with van der Waals surface area (Å²) in [6.07, 6.45) is 1.95. The number of benzene rings is 1. The topological polar surface area (TPSA) is 103 Å². The van der Waals surface area contributed by atoms with E-state index >= 15 is 0 Å². The molecule has 0 radical (unpaired) electrons. The molecule has 3 rings (SSSR count). The number of aryl methyl sites for hydroxylation is 1. The van der Waals surface area contributed by atoms with Gasteiger partial charge in [-0.15, -0.1) is 0 Å². The molecule has 0 spiro atoms. The van der Waals surface area contributed by atoms with Gasteiger partial charge in [0, 0.05) is 18.5 Å². The van der Waals surface area contributed by atoms with E-state index in [1.807, 2.05) is 13.0 Å². The molecule has 2 heterocycles. The van der Waals surface area contributed by atoms with Crippen molar-refractivity contribution in [1.82, 2.24) is 15.1 Å². The van der Waals surface area contributed by atoms with E-state index in [0.29, 0.717) is 25.4 Å². The first-order valence-corrected chi connectivity index (χ1v) is 8.38. The lowest BCUT2D eigenvalue weighted by Gasteiger charge is -2.32. The Morgan fingerprint density at radius 1 is 1.35 bits per heavy atom. The van der Waals surface area contributed by atoms with Crippen LogP contribution in [0, 0.1) is 6.92 Å². The van der Waals surface area contributed by atoms with Crippen LogP contribution in [-0.2, 0) is 16.1 Å². The maximum absolute atomic E-state index is 12.3. The van der Waals surface area contributed by atoms with Crippen molar-refractivity contribution in [1.29, 1.82) is 0 Å². The lowest BCUT2D eigenvalue weighted by molar-refractivity contribution is -0.124. The summed E-state index contributed by atoms with van der Waals surface area (Å²) in [4.78, 5) is 23.2. The number of aromatic nitrogens is 2. The normalized spacial score (nSPS) is 19.7. The van der Waals surface area contributed by atoms with Crippen molar-refractivity contribution in [2.75, 3.05) is 13.2 Å². The maximum Gasteiger partial charge on any atom is 0.335 e. The van der Waals surface area contributed by atoms with Gasteiger partial charge in [0.05, 0.1) is 18.2 Å². The Hall–Kier alpha value is -2.87. The van der Waals surface area contributed by atoms with Crippen LogP contribution in [0.25, 0.3) is 0 Å². The van der Waals surface area contributed by atoms with Crippen LogP contribution in [0.5, 0.6) is 5.75 Å². The van der Waals surface area contributed by atoms with Gasteiger partial charge in [-0.2, -0.15) is 5.10 Å². The van der Waals surface area contributed by atoms with Crippen molar-refractivity contribution in [3.05, 3.63) is 47.8 Å². The third-order valence-electron chi connectivity index (χ3n) is 4.26. The number of hydrogen-bond acceptors (Lipinski definition) is 5. The van der Waals surface area contributed by atoms with Gasteiger partial charge in [0.15, 0.2) is 0 Å². The first-order valence-electron chi connectivity index (χ1n) is 8.38. The van der Waals surface area contributed by atoms with Crippen molar-refractivity contribution in [3.63, 3.8) is 0 Å². The van der Waals surface area contributed by atoms with Crippen LogP contribution >= 0.6 is 0 Å². The molecular formula is C18H21N3O5.